The van der Waals surface area contributed by atoms with Crippen molar-refractivity contribution in [1.29, 1.82) is 0 Å². The molecule has 11 heteroatoms. The van der Waals surface area contributed by atoms with Crippen LogP contribution in [0, 0.1) is 5.82 Å². The maximum atomic E-state index is 15.8. The summed E-state index contributed by atoms with van der Waals surface area (Å²) in [5.74, 6) is -0.946. The SMILES string of the molecule is CC(C)(C(=O)NS(C)(=O)=O)c1ccc(O[C@@H]2CC[C@@H](NC(=O)[C@]3(F)CNC4(CCCC4)C3)C2)c(-c2cccc(F)c2C2CCC2)c1. The van der Waals surface area contributed by atoms with Crippen molar-refractivity contribution in [3.8, 4) is 16.9 Å². The fourth-order valence-corrected chi connectivity index (χ4v) is 8.36. The van der Waals surface area contributed by atoms with Crippen LogP contribution in [0.25, 0.3) is 11.1 Å². The molecule has 4 fully saturated rings. The van der Waals surface area contributed by atoms with Crippen molar-refractivity contribution in [3.05, 3.63) is 53.3 Å². The molecule has 4 aliphatic rings. The number of nitrogens with one attached hydrogen (secondary N) is 3. The molecule has 250 valence electrons. The lowest BCUT2D eigenvalue weighted by Crippen LogP contribution is -2.48. The highest BCUT2D eigenvalue weighted by molar-refractivity contribution is 7.89. The fourth-order valence-electron chi connectivity index (χ4n) is 7.77. The summed E-state index contributed by atoms with van der Waals surface area (Å²) < 4.78 is 63.5. The predicted octanol–water partition coefficient (Wildman–Crippen LogP) is 5.54. The third-order valence-electron chi connectivity index (χ3n) is 10.7. The van der Waals surface area contributed by atoms with Gasteiger partial charge in [0.1, 0.15) is 17.7 Å². The minimum absolute atomic E-state index is 0.0384. The maximum Gasteiger partial charge on any atom is 0.259 e. The molecule has 0 aromatic heterocycles. The van der Waals surface area contributed by atoms with Crippen LogP contribution < -0.4 is 20.1 Å². The van der Waals surface area contributed by atoms with E-state index in [-0.39, 0.29) is 42.4 Å². The second-order valence-electron chi connectivity index (χ2n) is 14.6. The van der Waals surface area contributed by atoms with Crippen molar-refractivity contribution in [3.63, 3.8) is 0 Å². The molecule has 2 aromatic rings. The van der Waals surface area contributed by atoms with E-state index in [2.05, 4.69) is 15.4 Å². The summed E-state index contributed by atoms with van der Waals surface area (Å²) in [6.45, 7) is 3.32. The fraction of sp³-hybridized carbons (Fsp3) is 0.600. The molecule has 3 N–H and O–H groups in total. The number of alkyl halides is 1. The van der Waals surface area contributed by atoms with Gasteiger partial charge in [-0.3, -0.25) is 14.3 Å². The van der Waals surface area contributed by atoms with Gasteiger partial charge in [-0.05, 0) is 93.2 Å². The van der Waals surface area contributed by atoms with Crippen LogP contribution in [-0.2, 0) is 25.0 Å². The lowest BCUT2D eigenvalue weighted by atomic mass is 9.76. The van der Waals surface area contributed by atoms with Crippen LogP contribution in [0.15, 0.2) is 36.4 Å². The Balaban J connectivity index is 1.24. The van der Waals surface area contributed by atoms with E-state index in [4.69, 9.17) is 4.74 Å². The predicted molar refractivity (Wildman–Crippen MR) is 172 cm³/mol. The third kappa shape index (κ3) is 6.54. The lowest BCUT2D eigenvalue weighted by Gasteiger charge is -2.30. The number of sulfonamides is 1. The van der Waals surface area contributed by atoms with Crippen molar-refractivity contribution in [2.75, 3.05) is 12.8 Å². The zero-order valence-electron chi connectivity index (χ0n) is 26.9. The van der Waals surface area contributed by atoms with Gasteiger partial charge in [0.05, 0.1) is 11.7 Å². The zero-order valence-corrected chi connectivity index (χ0v) is 27.7. The minimum atomic E-state index is -3.78. The molecule has 0 bridgehead atoms. The van der Waals surface area contributed by atoms with Gasteiger partial charge in [-0.15, -0.1) is 0 Å². The number of hydrogen-bond donors (Lipinski definition) is 3. The van der Waals surface area contributed by atoms with Gasteiger partial charge in [-0.1, -0.05) is 37.5 Å². The summed E-state index contributed by atoms with van der Waals surface area (Å²) in [7, 11) is -3.78. The van der Waals surface area contributed by atoms with Crippen LogP contribution in [0.3, 0.4) is 0 Å². The largest absolute Gasteiger partial charge is 0.490 e. The minimum Gasteiger partial charge on any atom is -0.490 e. The van der Waals surface area contributed by atoms with E-state index < -0.39 is 32.9 Å². The number of carbonyl (C=O) groups excluding carboxylic acids is 2. The van der Waals surface area contributed by atoms with E-state index in [1.54, 1.807) is 38.1 Å². The van der Waals surface area contributed by atoms with Crippen LogP contribution >= 0.6 is 0 Å². The second kappa shape index (κ2) is 12.2. The first-order valence-electron chi connectivity index (χ1n) is 16.6. The normalized spacial score (nSPS) is 26.2. The first-order valence-corrected chi connectivity index (χ1v) is 18.4. The van der Waals surface area contributed by atoms with Gasteiger partial charge >= 0.3 is 0 Å². The third-order valence-corrected chi connectivity index (χ3v) is 11.3. The molecular weight excluding hydrogens is 612 g/mol. The number of benzene rings is 2. The molecule has 3 atom stereocenters. The van der Waals surface area contributed by atoms with Crippen LogP contribution in [-0.4, -0.2) is 56.4 Å². The molecule has 1 heterocycles. The van der Waals surface area contributed by atoms with Crippen LogP contribution in [0.5, 0.6) is 5.75 Å². The van der Waals surface area contributed by atoms with E-state index >= 15 is 8.78 Å². The lowest BCUT2D eigenvalue weighted by molar-refractivity contribution is -0.132. The van der Waals surface area contributed by atoms with E-state index in [0.29, 0.717) is 47.3 Å². The average molecular weight is 658 g/mol. The zero-order chi connectivity index (χ0) is 32.9. The number of ether oxygens (including phenoxy) is 1. The first-order chi connectivity index (χ1) is 21.7. The Labute approximate surface area is 270 Å². The molecule has 2 amide bonds. The maximum absolute atomic E-state index is 15.8. The monoisotopic (exact) mass is 657 g/mol. The summed E-state index contributed by atoms with van der Waals surface area (Å²) in [6.07, 6.45) is 9.36. The van der Waals surface area contributed by atoms with E-state index in [0.717, 1.165) is 51.2 Å². The molecule has 1 spiro atoms. The van der Waals surface area contributed by atoms with Gasteiger partial charge in [0, 0.05) is 36.5 Å². The Morgan fingerprint density at radius 3 is 2.43 bits per heavy atom. The van der Waals surface area contributed by atoms with Crippen molar-refractivity contribution < 1.29 is 31.5 Å². The molecule has 1 aliphatic heterocycles. The summed E-state index contributed by atoms with van der Waals surface area (Å²) >= 11 is 0. The quantitative estimate of drug-likeness (QED) is 0.326. The van der Waals surface area contributed by atoms with Crippen molar-refractivity contribution in [2.24, 2.45) is 0 Å². The summed E-state index contributed by atoms with van der Waals surface area (Å²) in [4.78, 5) is 26.2. The van der Waals surface area contributed by atoms with Gasteiger partial charge in [0.2, 0.25) is 21.6 Å². The van der Waals surface area contributed by atoms with Crippen LogP contribution in [0.4, 0.5) is 8.78 Å². The number of amides is 2. The molecule has 3 aliphatic carbocycles. The van der Waals surface area contributed by atoms with Crippen molar-refractivity contribution >= 4 is 21.8 Å². The molecule has 46 heavy (non-hydrogen) atoms. The summed E-state index contributed by atoms with van der Waals surface area (Å²) in [5, 5.41) is 6.27. The van der Waals surface area contributed by atoms with Gasteiger partial charge in [0.15, 0.2) is 0 Å². The highest BCUT2D eigenvalue weighted by Crippen LogP contribution is 2.46. The van der Waals surface area contributed by atoms with Crippen molar-refractivity contribution in [2.45, 2.75) is 119 Å². The first kappa shape index (κ1) is 32.9. The van der Waals surface area contributed by atoms with Gasteiger partial charge in [-0.25, -0.2) is 17.2 Å². The Morgan fingerprint density at radius 2 is 1.76 bits per heavy atom. The number of hydrogen-bond acceptors (Lipinski definition) is 6. The molecule has 8 nitrogen and oxygen atoms in total. The highest BCUT2D eigenvalue weighted by Gasteiger charge is 2.54. The molecule has 3 saturated carbocycles. The second-order valence-corrected chi connectivity index (χ2v) is 16.3. The number of halogens is 2. The van der Waals surface area contributed by atoms with Crippen molar-refractivity contribution in [1.82, 2.24) is 15.4 Å². The standard InChI is InChI=1S/C35H45F2N3O5S/c1-33(2,31(41)40-46(3,43)44)23-12-15-29(27(18-23)26-10-7-11-28(36)30(26)22-8-6-9-22)45-25-14-13-24(19-25)39-32(42)35(37)20-34(38-21-35)16-4-5-17-34/h7,10-12,15,18,22,24-25,38H,4-6,8-9,13-14,16-17,19-21H2,1-3H3,(H,39,42)(H,40,41)/t24-,25-,35-/m1/s1. The summed E-state index contributed by atoms with van der Waals surface area (Å²) in [6, 6.07) is 10.0. The molecular formula is C35H45F2N3O5S. The van der Waals surface area contributed by atoms with Gasteiger partial charge < -0.3 is 15.4 Å². The Hall–Kier alpha value is -3.05. The summed E-state index contributed by atoms with van der Waals surface area (Å²) in [5.41, 5.74) is -0.939. The van der Waals surface area contributed by atoms with E-state index in [9.17, 15) is 18.0 Å². The van der Waals surface area contributed by atoms with Crippen LogP contribution in [0.2, 0.25) is 0 Å². The van der Waals surface area contributed by atoms with Gasteiger partial charge in [0.25, 0.3) is 5.91 Å². The molecule has 0 unspecified atom stereocenters. The average Bonchev–Trinajstić information content (AvgIpc) is 3.69. The van der Waals surface area contributed by atoms with E-state index in [1.165, 1.54) is 6.07 Å². The van der Waals surface area contributed by atoms with Crippen LogP contribution in [0.1, 0.15) is 102 Å². The molecule has 0 radical (unpaired) electrons. The number of carbonyl (C=O) groups is 2. The smallest absolute Gasteiger partial charge is 0.259 e. The Kier molecular flexibility index (Phi) is 8.72. The van der Waals surface area contributed by atoms with Gasteiger partial charge in [-0.2, -0.15) is 0 Å². The molecule has 1 saturated heterocycles. The van der Waals surface area contributed by atoms with E-state index in [1.807, 2.05) is 6.07 Å². The Morgan fingerprint density at radius 1 is 1.02 bits per heavy atom. The highest BCUT2D eigenvalue weighted by atomic mass is 32.2. The topological polar surface area (TPSA) is 114 Å². The number of rotatable bonds is 9. The molecule has 2 aromatic carbocycles. The Bertz CT molecular complexity index is 1620. The molecule has 6 rings (SSSR count).